The predicted octanol–water partition coefficient (Wildman–Crippen LogP) is 5.37. The van der Waals surface area contributed by atoms with E-state index in [-0.39, 0.29) is 12.0 Å². The summed E-state index contributed by atoms with van der Waals surface area (Å²) in [5.41, 5.74) is 2.14. The summed E-state index contributed by atoms with van der Waals surface area (Å²) < 4.78 is 6.28. The van der Waals surface area contributed by atoms with Crippen LogP contribution < -0.4 is 10.1 Å². The van der Waals surface area contributed by atoms with Crippen LogP contribution in [0, 0.1) is 5.92 Å². The van der Waals surface area contributed by atoms with E-state index in [1.54, 1.807) is 7.11 Å². The molecule has 2 atom stereocenters. The Balaban J connectivity index is 1.91. The lowest BCUT2D eigenvalue weighted by atomic mass is 9.80. The van der Waals surface area contributed by atoms with E-state index in [1.165, 1.54) is 0 Å². The van der Waals surface area contributed by atoms with Crippen molar-refractivity contribution in [2.75, 3.05) is 12.4 Å². The van der Waals surface area contributed by atoms with Crippen LogP contribution in [0.5, 0.6) is 5.75 Å². The van der Waals surface area contributed by atoms with Gasteiger partial charge in [0.1, 0.15) is 11.5 Å². The molecular formula is C20H22BrNO2. The Hall–Kier alpha value is -1.81. The summed E-state index contributed by atoms with van der Waals surface area (Å²) in [6, 6.07) is 16.1. The van der Waals surface area contributed by atoms with Gasteiger partial charge in [0.05, 0.1) is 13.2 Å². The zero-order chi connectivity index (χ0) is 16.9. The first-order valence-corrected chi connectivity index (χ1v) is 9.15. The summed E-state index contributed by atoms with van der Waals surface area (Å²) in [5.74, 6) is 1.21. The lowest BCUT2D eigenvalue weighted by Crippen LogP contribution is -2.30. The number of nitrogens with one attached hydrogen (secondary N) is 1. The molecule has 2 aromatic carbocycles. The van der Waals surface area contributed by atoms with Crippen LogP contribution in [0.25, 0.3) is 0 Å². The number of hydrogen-bond acceptors (Lipinski definition) is 3. The van der Waals surface area contributed by atoms with Gasteiger partial charge in [0.25, 0.3) is 0 Å². The van der Waals surface area contributed by atoms with Crippen LogP contribution in [0.15, 0.2) is 53.0 Å². The Kier molecular flexibility index (Phi) is 5.56. The molecule has 3 nitrogen and oxygen atoms in total. The van der Waals surface area contributed by atoms with Crippen molar-refractivity contribution in [3.05, 3.63) is 58.6 Å². The van der Waals surface area contributed by atoms with E-state index in [9.17, 15) is 4.79 Å². The number of methoxy groups -OCH3 is 1. The molecule has 0 spiro atoms. The molecule has 24 heavy (non-hydrogen) atoms. The number of anilines is 1. The van der Waals surface area contributed by atoms with Gasteiger partial charge < -0.3 is 10.1 Å². The van der Waals surface area contributed by atoms with Gasteiger partial charge in [-0.05, 0) is 48.7 Å². The number of benzene rings is 2. The minimum atomic E-state index is -0.0157. The van der Waals surface area contributed by atoms with Crippen molar-refractivity contribution >= 4 is 27.4 Å². The van der Waals surface area contributed by atoms with Crippen molar-refractivity contribution in [1.82, 2.24) is 0 Å². The summed E-state index contributed by atoms with van der Waals surface area (Å²) in [5, 5.41) is 3.58. The molecule has 1 aliphatic carbocycles. The third kappa shape index (κ3) is 3.99. The first-order chi connectivity index (χ1) is 11.7. The molecule has 4 heteroatoms. The summed E-state index contributed by atoms with van der Waals surface area (Å²) in [7, 11) is 1.66. The third-order valence-electron chi connectivity index (χ3n) is 4.63. The number of rotatable bonds is 5. The van der Waals surface area contributed by atoms with Gasteiger partial charge in [-0.25, -0.2) is 0 Å². The van der Waals surface area contributed by atoms with Crippen LogP contribution in [0.1, 0.15) is 37.3 Å². The Morgan fingerprint density at radius 2 is 1.96 bits per heavy atom. The van der Waals surface area contributed by atoms with E-state index in [0.29, 0.717) is 12.2 Å². The summed E-state index contributed by atoms with van der Waals surface area (Å²) in [4.78, 5) is 12.5. The second-order valence-electron chi connectivity index (χ2n) is 6.22. The van der Waals surface area contributed by atoms with Crippen molar-refractivity contribution < 1.29 is 9.53 Å². The molecule has 0 amide bonds. The van der Waals surface area contributed by atoms with Gasteiger partial charge in [-0.15, -0.1) is 0 Å². The standard InChI is InChI=1S/C20H22BrNO2/c1-24-17-11-9-14(10-12-17)20(18-7-2-3-8-19(18)23)22-16-6-4-5-15(21)13-16/h4-6,9-13,18,20,22H,2-3,7-8H2,1H3. The van der Waals surface area contributed by atoms with Crippen LogP contribution >= 0.6 is 15.9 Å². The van der Waals surface area contributed by atoms with Crippen molar-refractivity contribution in [2.24, 2.45) is 5.92 Å². The molecule has 2 aromatic rings. The van der Waals surface area contributed by atoms with Gasteiger partial charge in [0.15, 0.2) is 0 Å². The maximum Gasteiger partial charge on any atom is 0.138 e. The van der Waals surface area contributed by atoms with E-state index < -0.39 is 0 Å². The Morgan fingerprint density at radius 3 is 2.62 bits per heavy atom. The van der Waals surface area contributed by atoms with Gasteiger partial charge in [0.2, 0.25) is 0 Å². The molecule has 0 saturated heterocycles. The van der Waals surface area contributed by atoms with E-state index >= 15 is 0 Å². The number of halogens is 1. The lowest BCUT2D eigenvalue weighted by Gasteiger charge is -2.31. The highest BCUT2D eigenvalue weighted by molar-refractivity contribution is 9.10. The van der Waals surface area contributed by atoms with E-state index in [4.69, 9.17) is 4.74 Å². The maximum absolute atomic E-state index is 12.5. The second kappa shape index (κ2) is 7.84. The van der Waals surface area contributed by atoms with Crippen LogP contribution in [0.3, 0.4) is 0 Å². The van der Waals surface area contributed by atoms with E-state index in [1.807, 2.05) is 36.4 Å². The molecule has 0 aromatic heterocycles. The molecule has 1 saturated carbocycles. The monoisotopic (exact) mass is 387 g/mol. The molecule has 1 fully saturated rings. The van der Waals surface area contributed by atoms with Crippen LogP contribution in [-0.2, 0) is 4.79 Å². The van der Waals surface area contributed by atoms with Crippen molar-refractivity contribution in [1.29, 1.82) is 0 Å². The smallest absolute Gasteiger partial charge is 0.138 e. The normalized spacial score (nSPS) is 18.9. The molecule has 0 aliphatic heterocycles. The van der Waals surface area contributed by atoms with E-state index in [2.05, 4.69) is 33.4 Å². The Labute approximate surface area is 151 Å². The number of carbonyl (C=O) groups is 1. The molecule has 3 rings (SSSR count). The van der Waals surface area contributed by atoms with Crippen LogP contribution in [0.2, 0.25) is 0 Å². The molecule has 2 unspecified atom stereocenters. The number of hydrogen-bond donors (Lipinski definition) is 1. The van der Waals surface area contributed by atoms with Crippen molar-refractivity contribution in [3.8, 4) is 5.75 Å². The molecular weight excluding hydrogens is 366 g/mol. The minimum Gasteiger partial charge on any atom is -0.497 e. The zero-order valence-electron chi connectivity index (χ0n) is 13.8. The fourth-order valence-electron chi connectivity index (χ4n) is 3.35. The molecule has 0 bridgehead atoms. The van der Waals surface area contributed by atoms with Crippen molar-refractivity contribution in [3.63, 3.8) is 0 Å². The largest absolute Gasteiger partial charge is 0.497 e. The fraction of sp³-hybridized carbons (Fsp3) is 0.350. The average Bonchev–Trinajstić information content (AvgIpc) is 2.61. The summed E-state index contributed by atoms with van der Waals surface area (Å²) >= 11 is 3.51. The summed E-state index contributed by atoms with van der Waals surface area (Å²) in [6.07, 6.45) is 3.76. The SMILES string of the molecule is COc1ccc(C(Nc2cccc(Br)c2)C2CCCCC2=O)cc1. The molecule has 1 aliphatic rings. The number of Topliss-reactive ketones (excluding diaryl/α,β-unsaturated/α-hetero) is 1. The van der Waals surface area contributed by atoms with Crippen molar-refractivity contribution in [2.45, 2.75) is 31.7 Å². The fourth-order valence-corrected chi connectivity index (χ4v) is 3.75. The number of ketones is 1. The average molecular weight is 388 g/mol. The van der Waals surface area contributed by atoms with Gasteiger partial charge in [-0.2, -0.15) is 0 Å². The molecule has 0 heterocycles. The van der Waals surface area contributed by atoms with E-state index in [0.717, 1.165) is 40.7 Å². The molecule has 1 N–H and O–H groups in total. The van der Waals surface area contributed by atoms with Crippen LogP contribution in [-0.4, -0.2) is 12.9 Å². The number of ether oxygens (including phenoxy) is 1. The molecule has 126 valence electrons. The van der Waals surface area contributed by atoms with Gasteiger partial charge in [0, 0.05) is 22.5 Å². The highest BCUT2D eigenvalue weighted by Gasteiger charge is 2.31. The highest BCUT2D eigenvalue weighted by atomic mass is 79.9. The maximum atomic E-state index is 12.5. The Morgan fingerprint density at radius 1 is 1.17 bits per heavy atom. The summed E-state index contributed by atoms with van der Waals surface area (Å²) in [6.45, 7) is 0. The molecule has 0 radical (unpaired) electrons. The first kappa shape index (κ1) is 17.0. The van der Waals surface area contributed by atoms with Gasteiger partial charge >= 0.3 is 0 Å². The zero-order valence-corrected chi connectivity index (χ0v) is 15.4. The quantitative estimate of drug-likeness (QED) is 0.748. The predicted molar refractivity (Wildman–Crippen MR) is 100 cm³/mol. The third-order valence-corrected chi connectivity index (χ3v) is 5.12. The lowest BCUT2D eigenvalue weighted by molar-refractivity contribution is -0.125. The first-order valence-electron chi connectivity index (χ1n) is 8.36. The topological polar surface area (TPSA) is 38.3 Å². The Bertz CT molecular complexity index is 699. The van der Waals surface area contributed by atoms with Gasteiger partial charge in [-0.3, -0.25) is 4.79 Å². The highest BCUT2D eigenvalue weighted by Crippen LogP contribution is 2.35. The second-order valence-corrected chi connectivity index (χ2v) is 7.14. The van der Waals surface area contributed by atoms with Gasteiger partial charge in [-0.1, -0.05) is 40.5 Å². The number of carbonyl (C=O) groups excluding carboxylic acids is 1. The minimum absolute atomic E-state index is 0.0157. The van der Waals surface area contributed by atoms with Crippen LogP contribution in [0.4, 0.5) is 5.69 Å².